The molecule has 2 unspecified atom stereocenters. The largest absolute Gasteiger partial charge is 0.312 e. The predicted molar refractivity (Wildman–Crippen MR) is 81.0 cm³/mol. The summed E-state index contributed by atoms with van der Waals surface area (Å²) in [7, 11) is 2.32. The van der Waals surface area contributed by atoms with Crippen LogP contribution in [0.1, 0.15) is 66.2 Å². The Morgan fingerprint density at radius 1 is 1.22 bits per heavy atom. The number of hydrogen-bond donors (Lipinski definition) is 1. The summed E-state index contributed by atoms with van der Waals surface area (Å²) in [6, 6.07) is 1.39. The molecular weight excluding hydrogens is 220 g/mol. The van der Waals surface area contributed by atoms with Crippen LogP contribution in [0, 0.1) is 5.41 Å². The summed E-state index contributed by atoms with van der Waals surface area (Å²) in [6.07, 6.45) is 7.98. The van der Waals surface area contributed by atoms with Crippen molar-refractivity contribution in [3.63, 3.8) is 0 Å². The van der Waals surface area contributed by atoms with Crippen LogP contribution in [0.3, 0.4) is 0 Å². The van der Waals surface area contributed by atoms with Crippen LogP contribution in [0.2, 0.25) is 0 Å². The van der Waals surface area contributed by atoms with Crippen molar-refractivity contribution in [3.05, 3.63) is 0 Å². The fourth-order valence-corrected chi connectivity index (χ4v) is 3.37. The summed E-state index contributed by atoms with van der Waals surface area (Å²) >= 11 is 0. The van der Waals surface area contributed by atoms with Crippen LogP contribution in [0.15, 0.2) is 0 Å². The van der Waals surface area contributed by atoms with Crippen molar-refractivity contribution in [1.82, 2.24) is 10.2 Å². The molecule has 0 aromatic carbocycles. The second-order valence-electron chi connectivity index (χ2n) is 6.71. The average molecular weight is 254 g/mol. The van der Waals surface area contributed by atoms with E-state index in [0.717, 1.165) is 12.6 Å². The Bertz CT molecular complexity index is 225. The van der Waals surface area contributed by atoms with E-state index in [-0.39, 0.29) is 0 Å². The Kier molecular flexibility index (Phi) is 6.65. The highest BCUT2D eigenvalue weighted by molar-refractivity contribution is 4.97. The van der Waals surface area contributed by atoms with E-state index in [4.69, 9.17) is 0 Å². The van der Waals surface area contributed by atoms with Crippen LogP contribution < -0.4 is 5.32 Å². The van der Waals surface area contributed by atoms with Gasteiger partial charge in [0.1, 0.15) is 0 Å². The minimum Gasteiger partial charge on any atom is -0.312 e. The molecule has 18 heavy (non-hydrogen) atoms. The van der Waals surface area contributed by atoms with Crippen LogP contribution in [-0.4, -0.2) is 37.1 Å². The highest BCUT2D eigenvalue weighted by Crippen LogP contribution is 2.37. The van der Waals surface area contributed by atoms with E-state index in [2.05, 4.69) is 45.0 Å². The molecular formula is C16H34N2. The Balaban J connectivity index is 2.65. The first-order chi connectivity index (χ1) is 8.53. The summed E-state index contributed by atoms with van der Waals surface area (Å²) in [5.74, 6) is 0. The Labute approximate surface area is 115 Å². The maximum absolute atomic E-state index is 3.83. The summed E-state index contributed by atoms with van der Waals surface area (Å²) in [4.78, 5) is 2.61. The third-order valence-electron chi connectivity index (χ3n) is 4.59. The first-order valence-corrected chi connectivity index (χ1v) is 7.96. The zero-order valence-electron chi connectivity index (χ0n) is 13.3. The highest BCUT2D eigenvalue weighted by Gasteiger charge is 2.39. The first kappa shape index (κ1) is 16.0. The van der Waals surface area contributed by atoms with Crippen molar-refractivity contribution < 1.29 is 0 Å². The van der Waals surface area contributed by atoms with Crippen molar-refractivity contribution in [2.45, 2.75) is 78.3 Å². The Morgan fingerprint density at radius 3 is 2.56 bits per heavy atom. The van der Waals surface area contributed by atoms with Gasteiger partial charge < -0.3 is 10.2 Å². The highest BCUT2D eigenvalue weighted by atomic mass is 15.2. The second kappa shape index (κ2) is 7.49. The molecule has 1 aliphatic carbocycles. The molecule has 1 aliphatic rings. The van der Waals surface area contributed by atoms with Crippen molar-refractivity contribution in [3.8, 4) is 0 Å². The van der Waals surface area contributed by atoms with E-state index in [1.54, 1.807) is 0 Å². The molecule has 1 N–H and O–H groups in total. The number of nitrogens with zero attached hydrogens (tertiary/aromatic N) is 1. The third kappa shape index (κ3) is 4.24. The maximum atomic E-state index is 3.83. The molecule has 1 rings (SSSR count). The summed E-state index contributed by atoms with van der Waals surface area (Å²) < 4.78 is 0. The van der Waals surface area contributed by atoms with Crippen molar-refractivity contribution in [2.75, 3.05) is 20.1 Å². The molecule has 0 spiro atoms. The molecule has 2 nitrogen and oxygen atoms in total. The van der Waals surface area contributed by atoms with E-state index >= 15 is 0 Å². The van der Waals surface area contributed by atoms with Crippen LogP contribution >= 0.6 is 0 Å². The molecule has 0 bridgehead atoms. The first-order valence-electron chi connectivity index (χ1n) is 7.96. The molecule has 0 aliphatic heterocycles. The lowest BCUT2D eigenvalue weighted by Crippen LogP contribution is -2.58. The maximum Gasteiger partial charge on any atom is 0.0274 e. The van der Waals surface area contributed by atoms with Gasteiger partial charge in [0.25, 0.3) is 0 Å². The Hall–Kier alpha value is -0.0800. The van der Waals surface area contributed by atoms with Crippen molar-refractivity contribution in [2.24, 2.45) is 5.41 Å². The number of rotatable bonds is 7. The zero-order valence-corrected chi connectivity index (χ0v) is 13.3. The van der Waals surface area contributed by atoms with Gasteiger partial charge in [0.05, 0.1) is 0 Å². The lowest BCUT2D eigenvalue weighted by Gasteiger charge is -2.48. The zero-order chi connectivity index (χ0) is 13.6. The van der Waals surface area contributed by atoms with E-state index in [9.17, 15) is 0 Å². The minimum atomic E-state index is 0.443. The molecule has 0 heterocycles. The van der Waals surface area contributed by atoms with Crippen molar-refractivity contribution >= 4 is 0 Å². The number of hydrogen-bond acceptors (Lipinski definition) is 2. The van der Waals surface area contributed by atoms with E-state index in [1.807, 2.05) is 0 Å². The van der Waals surface area contributed by atoms with E-state index < -0.39 is 0 Å². The van der Waals surface area contributed by atoms with Crippen LogP contribution in [-0.2, 0) is 0 Å². The summed E-state index contributed by atoms with van der Waals surface area (Å²) in [5, 5.41) is 3.83. The Morgan fingerprint density at radius 2 is 1.94 bits per heavy atom. The van der Waals surface area contributed by atoms with Gasteiger partial charge in [0.15, 0.2) is 0 Å². The van der Waals surface area contributed by atoms with E-state index in [0.29, 0.717) is 11.5 Å². The van der Waals surface area contributed by atoms with Gasteiger partial charge in [0.2, 0.25) is 0 Å². The van der Waals surface area contributed by atoms with Gasteiger partial charge in [-0.25, -0.2) is 0 Å². The average Bonchev–Trinajstić information content (AvgIpc) is 2.33. The van der Waals surface area contributed by atoms with Crippen molar-refractivity contribution in [1.29, 1.82) is 0 Å². The van der Waals surface area contributed by atoms with Crippen LogP contribution in [0.25, 0.3) is 0 Å². The van der Waals surface area contributed by atoms with Crippen LogP contribution in [0.4, 0.5) is 0 Å². The normalized spacial score (nSPS) is 27.7. The number of likely N-dealkylation sites (N-methyl/N-ethyl adjacent to an activating group) is 1. The topological polar surface area (TPSA) is 15.3 Å². The van der Waals surface area contributed by atoms with Gasteiger partial charge >= 0.3 is 0 Å². The monoisotopic (exact) mass is 254 g/mol. The fourth-order valence-electron chi connectivity index (χ4n) is 3.37. The van der Waals surface area contributed by atoms with Gasteiger partial charge in [-0.1, -0.05) is 40.5 Å². The van der Waals surface area contributed by atoms with E-state index in [1.165, 1.54) is 45.1 Å². The summed E-state index contributed by atoms with van der Waals surface area (Å²) in [6.45, 7) is 11.8. The third-order valence-corrected chi connectivity index (χ3v) is 4.59. The van der Waals surface area contributed by atoms with Crippen LogP contribution in [0.5, 0.6) is 0 Å². The molecule has 0 aromatic heterocycles. The molecule has 1 fully saturated rings. The predicted octanol–water partition coefficient (Wildman–Crippen LogP) is 3.67. The van der Waals surface area contributed by atoms with Gasteiger partial charge in [-0.05, 0) is 51.2 Å². The molecule has 0 aromatic rings. The molecule has 0 radical (unpaired) electrons. The number of nitrogens with one attached hydrogen (secondary N) is 1. The smallest absolute Gasteiger partial charge is 0.0274 e. The lowest BCUT2D eigenvalue weighted by atomic mass is 9.70. The molecule has 108 valence electrons. The number of unbranched alkanes of at least 4 members (excludes halogenated alkanes) is 1. The molecule has 2 atom stereocenters. The molecule has 1 saturated carbocycles. The van der Waals surface area contributed by atoms with Gasteiger partial charge in [0, 0.05) is 12.1 Å². The van der Waals surface area contributed by atoms with Gasteiger partial charge in [-0.15, -0.1) is 0 Å². The standard InChI is InChI=1S/C16H34N2/c1-6-8-13-18(5)14-10-9-11-16(3,4)15(14)17-12-7-2/h14-15,17H,6-13H2,1-5H3. The lowest BCUT2D eigenvalue weighted by molar-refractivity contribution is 0.0622. The fraction of sp³-hybridized carbons (Fsp3) is 1.00. The molecule has 0 saturated heterocycles. The molecule has 0 amide bonds. The van der Waals surface area contributed by atoms with Gasteiger partial charge in [-0.3, -0.25) is 0 Å². The quantitative estimate of drug-likeness (QED) is 0.746. The van der Waals surface area contributed by atoms with Gasteiger partial charge in [-0.2, -0.15) is 0 Å². The minimum absolute atomic E-state index is 0.443. The summed E-state index contributed by atoms with van der Waals surface area (Å²) in [5.41, 5.74) is 0.443. The second-order valence-corrected chi connectivity index (χ2v) is 6.71. The SMILES string of the molecule is CCCCN(C)C1CCCC(C)(C)C1NCCC. The molecule has 2 heteroatoms.